The van der Waals surface area contributed by atoms with Gasteiger partial charge < -0.3 is 9.47 Å². The SMILES string of the molecule is CCN(CC)C(=O)Cn1nc2c3cc(F)ccc3n(Cc3cccc(C)c3)cc-2c1=O. The van der Waals surface area contributed by atoms with Crippen LogP contribution in [0, 0.1) is 12.7 Å². The van der Waals surface area contributed by atoms with E-state index in [2.05, 4.69) is 11.2 Å². The standard InChI is InChI=1S/C24H25FN4O2/c1-4-27(5-2)22(30)15-29-24(31)20-14-28(13-17-8-6-7-16(3)11-17)21-10-9-18(25)12-19(21)23(20)26-29/h6-12,14H,4-5,13,15H2,1-3H3. The fraction of sp³-hybridized carbons (Fsp3) is 0.292. The van der Waals surface area contributed by atoms with Crippen molar-refractivity contribution >= 4 is 16.8 Å². The number of pyridine rings is 1. The summed E-state index contributed by atoms with van der Waals surface area (Å²) < 4.78 is 17.2. The molecule has 0 aliphatic carbocycles. The second-order valence-electron chi connectivity index (χ2n) is 7.70. The second kappa shape index (κ2) is 8.34. The third-order valence-electron chi connectivity index (χ3n) is 5.59. The highest BCUT2D eigenvalue weighted by molar-refractivity contribution is 5.93. The summed E-state index contributed by atoms with van der Waals surface area (Å²) in [5.74, 6) is -0.568. The molecular formula is C24H25FN4O2. The predicted molar refractivity (Wildman–Crippen MR) is 119 cm³/mol. The molecule has 4 rings (SSSR count). The van der Waals surface area contributed by atoms with Gasteiger partial charge in [0.1, 0.15) is 18.1 Å². The van der Waals surface area contributed by atoms with Gasteiger partial charge in [-0.15, -0.1) is 0 Å². The van der Waals surface area contributed by atoms with Gasteiger partial charge in [0.25, 0.3) is 5.56 Å². The van der Waals surface area contributed by atoms with Crippen molar-refractivity contribution in [2.45, 2.75) is 33.9 Å². The summed E-state index contributed by atoms with van der Waals surface area (Å²) in [6, 6.07) is 12.6. The van der Waals surface area contributed by atoms with Crippen molar-refractivity contribution in [3.63, 3.8) is 0 Å². The van der Waals surface area contributed by atoms with E-state index in [1.807, 2.05) is 43.5 Å². The summed E-state index contributed by atoms with van der Waals surface area (Å²) in [7, 11) is 0. The molecule has 2 heterocycles. The number of aromatic nitrogens is 3. The van der Waals surface area contributed by atoms with Crippen LogP contribution in [0.5, 0.6) is 0 Å². The highest BCUT2D eigenvalue weighted by Gasteiger charge is 2.22. The van der Waals surface area contributed by atoms with Crippen LogP contribution in [-0.4, -0.2) is 38.2 Å². The molecule has 6 nitrogen and oxygen atoms in total. The van der Waals surface area contributed by atoms with Crippen LogP contribution in [0.1, 0.15) is 25.0 Å². The minimum Gasteiger partial charge on any atom is -0.342 e. The monoisotopic (exact) mass is 420 g/mol. The number of hydrogen-bond acceptors (Lipinski definition) is 3. The number of amides is 1. The lowest BCUT2D eigenvalue weighted by molar-refractivity contribution is -0.131. The van der Waals surface area contributed by atoms with Gasteiger partial charge in [0, 0.05) is 31.2 Å². The van der Waals surface area contributed by atoms with Crippen molar-refractivity contribution in [3.8, 4) is 11.3 Å². The number of nitrogens with zero attached hydrogens (tertiary/aromatic N) is 4. The van der Waals surface area contributed by atoms with Crippen LogP contribution >= 0.6 is 0 Å². The van der Waals surface area contributed by atoms with Crippen LogP contribution in [0.25, 0.3) is 22.2 Å². The smallest absolute Gasteiger partial charge is 0.278 e. The first-order valence-corrected chi connectivity index (χ1v) is 10.4. The zero-order chi connectivity index (χ0) is 22.1. The zero-order valence-corrected chi connectivity index (χ0v) is 17.9. The van der Waals surface area contributed by atoms with Crippen LogP contribution in [0.3, 0.4) is 0 Å². The average molecular weight is 420 g/mol. The van der Waals surface area contributed by atoms with Gasteiger partial charge in [0.2, 0.25) is 5.91 Å². The molecule has 0 atom stereocenters. The van der Waals surface area contributed by atoms with Gasteiger partial charge in [-0.05, 0) is 44.5 Å². The van der Waals surface area contributed by atoms with Gasteiger partial charge in [0.05, 0.1) is 11.1 Å². The highest BCUT2D eigenvalue weighted by Crippen LogP contribution is 2.28. The molecule has 160 valence electrons. The molecule has 0 fully saturated rings. The largest absolute Gasteiger partial charge is 0.342 e. The Morgan fingerprint density at radius 2 is 1.90 bits per heavy atom. The van der Waals surface area contributed by atoms with Crippen LogP contribution in [0.2, 0.25) is 0 Å². The Hall–Kier alpha value is -3.48. The Morgan fingerprint density at radius 3 is 2.61 bits per heavy atom. The van der Waals surface area contributed by atoms with E-state index < -0.39 is 5.82 Å². The topological polar surface area (TPSA) is 60.1 Å². The number of fused-ring (bicyclic) bond motifs is 3. The molecule has 0 saturated heterocycles. The Balaban J connectivity index is 1.86. The molecule has 7 heteroatoms. The van der Waals surface area contributed by atoms with Gasteiger partial charge in [0.15, 0.2) is 0 Å². The fourth-order valence-corrected chi connectivity index (χ4v) is 4.00. The third kappa shape index (κ3) is 3.95. The number of halogens is 1. The molecule has 1 amide bonds. The molecule has 31 heavy (non-hydrogen) atoms. The maximum absolute atomic E-state index is 14.1. The van der Waals surface area contributed by atoms with Gasteiger partial charge in [-0.2, -0.15) is 5.10 Å². The van der Waals surface area contributed by atoms with E-state index in [0.29, 0.717) is 36.3 Å². The predicted octanol–water partition coefficient (Wildman–Crippen LogP) is 3.67. The van der Waals surface area contributed by atoms with Gasteiger partial charge in [-0.1, -0.05) is 29.8 Å². The summed E-state index contributed by atoms with van der Waals surface area (Å²) >= 11 is 0. The molecule has 0 saturated carbocycles. The number of likely N-dealkylation sites (N-methyl/N-ethyl adjacent to an activating group) is 1. The van der Waals surface area contributed by atoms with E-state index in [9.17, 15) is 14.0 Å². The lowest BCUT2D eigenvalue weighted by Crippen LogP contribution is -2.35. The molecule has 0 bridgehead atoms. The number of carbonyl (C=O) groups excluding carboxylic acids is 1. The fourth-order valence-electron chi connectivity index (χ4n) is 4.00. The molecule has 0 spiro atoms. The van der Waals surface area contributed by atoms with Crippen LogP contribution in [0.15, 0.2) is 53.5 Å². The van der Waals surface area contributed by atoms with Crippen molar-refractivity contribution in [1.82, 2.24) is 19.2 Å². The zero-order valence-electron chi connectivity index (χ0n) is 17.9. The maximum atomic E-state index is 14.1. The minimum absolute atomic E-state index is 0.135. The van der Waals surface area contributed by atoms with Crippen LogP contribution < -0.4 is 5.56 Å². The first-order valence-electron chi connectivity index (χ1n) is 10.4. The third-order valence-corrected chi connectivity index (χ3v) is 5.59. The minimum atomic E-state index is -0.400. The van der Waals surface area contributed by atoms with Gasteiger partial charge in [-0.25, -0.2) is 9.07 Å². The summed E-state index contributed by atoms with van der Waals surface area (Å²) in [6.45, 7) is 7.33. The van der Waals surface area contributed by atoms with Crippen molar-refractivity contribution in [1.29, 1.82) is 0 Å². The number of carbonyl (C=O) groups is 1. The van der Waals surface area contributed by atoms with E-state index in [0.717, 1.165) is 16.6 Å². The number of aryl methyl sites for hydroxylation is 1. The first kappa shape index (κ1) is 20.8. The van der Waals surface area contributed by atoms with Crippen LogP contribution in [0.4, 0.5) is 4.39 Å². The number of rotatable bonds is 6. The number of hydrogen-bond donors (Lipinski definition) is 0. The van der Waals surface area contributed by atoms with E-state index in [4.69, 9.17) is 0 Å². The summed E-state index contributed by atoms with van der Waals surface area (Å²) in [4.78, 5) is 27.2. The van der Waals surface area contributed by atoms with Crippen molar-refractivity contribution in [2.24, 2.45) is 0 Å². The Labute approximate surface area is 179 Å². The Bertz CT molecular complexity index is 1290. The van der Waals surface area contributed by atoms with Crippen molar-refractivity contribution in [2.75, 3.05) is 13.1 Å². The van der Waals surface area contributed by atoms with E-state index in [-0.39, 0.29) is 18.0 Å². The summed E-state index contributed by atoms with van der Waals surface area (Å²) in [5, 5.41) is 4.96. The second-order valence-corrected chi connectivity index (χ2v) is 7.70. The molecular weight excluding hydrogens is 395 g/mol. The quantitative estimate of drug-likeness (QED) is 0.478. The molecule has 0 aromatic heterocycles. The first-order chi connectivity index (χ1) is 14.9. The van der Waals surface area contributed by atoms with E-state index in [1.165, 1.54) is 16.8 Å². The van der Waals surface area contributed by atoms with Gasteiger partial charge in [-0.3, -0.25) is 9.59 Å². The molecule has 0 radical (unpaired) electrons. The number of benzene rings is 2. The maximum Gasteiger partial charge on any atom is 0.278 e. The van der Waals surface area contributed by atoms with Crippen LogP contribution in [-0.2, 0) is 17.9 Å². The molecule has 2 aromatic rings. The Morgan fingerprint density at radius 1 is 1.13 bits per heavy atom. The summed E-state index contributed by atoms with van der Waals surface area (Å²) in [5.41, 5.74) is 3.42. The lowest BCUT2D eigenvalue weighted by Gasteiger charge is -2.17. The summed E-state index contributed by atoms with van der Waals surface area (Å²) in [6.07, 6.45) is 1.76. The lowest BCUT2D eigenvalue weighted by atomic mass is 10.1. The molecule has 2 aromatic carbocycles. The molecule has 2 aliphatic heterocycles. The van der Waals surface area contributed by atoms with Gasteiger partial charge >= 0.3 is 0 Å². The normalized spacial score (nSPS) is 11.4. The van der Waals surface area contributed by atoms with E-state index in [1.54, 1.807) is 17.2 Å². The molecule has 0 unspecified atom stereocenters. The van der Waals surface area contributed by atoms with E-state index >= 15 is 0 Å². The molecule has 0 N–H and O–H groups in total. The average Bonchev–Trinajstić information content (AvgIpc) is 3.04. The Kier molecular flexibility index (Phi) is 5.59. The van der Waals surface area contributed by atoms with Crippen molar-refractivity contribution < 1.29 is 9.18 Å². The molecule has 2 aliphatic rings. The highest BCUT2D eigenvalue weighted by atomic mass is 19.1. The van der Waals surface area contributed by atoms with Crippen molar-refractivity contribution in [3.05, 3.63) is 76.0 Å².